The molecule has 20 heavy (non-hydrogen) atoms. The molecular formula is C17H18FNO. The van der Waals surface area contributed by atoms with Gasteiger partial charge >= 0.3 is 0 Å². The lowest BCUT2D eigenvalue weighted by Crippen LogP contribution is -2.44. The third kappa shape index (κ3) is 2.18. The first-order valence-corrected chi connectivity index (χ1v) is 6.74. The van der Waals surface area contributed by atoms with Gasteiger partial charge in [-0.1, -0.05) is 6.08 Å². The van der Waals surface area contributed by atoms with Crippen LogP contribution in [-0.2, 0) is 0 Å². The van der Waals surface area contributed by atoms with Crippen molar-refractivity contribution in [3.05, 3.63) is 46.8 Å². The van der Waals surface area contributed by atoms with Crippen molar-refractivity contribution in [2.75, 3.05) is 14.1 Å². The average molecular weight is 271 g/mol. The fourth-order valence-electron chi connectivity index (χ4n) is 2.45. The van der Waals surface area contributed by atoms with Gasteiger partial charge in [0.25, 0.3) is 0 Å². The summed E-state index contributed by atoms with van der Waals surface area (Å²) in [6, 6.07) is 8.41. The Labute approximate surface area is 117 Å². The number of hydrogen-bond donors (Lipinski definition) is 0. The predicted molar refractivity (Wildman–Crippen MR) is 79.0 cm³/mol. The summed E-state index contributed by atoms with van der Waals surface area (Å²) >= 11 is 0. The quantitative estimate of drug-likeness (QED) is 0.834. The monoisotopic (exact) mass is 271 g/mol. The molecule has 0 aliphatic heterocycles. The van der Waals surface area contributed by atoms with E-state index in [0.717, 1.165) is 28.4 Å². The number of fused-ring (bicyclic) bond motifs is 1. The Morgan fingerprint density at radius 1 is 1.20 bits per heavy atom. The summed E-state index contributed by atoms with van der Waals surface area (Å²) in [5.74, 6) is 0.550. The van der Waals surface area contributed by atoms with E-state index in [1.54, 1.807) is 12.1 Å². The molecule has 0 bridgehead atoms. The van der Waals surface area contributed by atoms with Crippen LogP contribution < -0.4 is 10.6 Å². The highest BCUT2D eigenvalue weighted by Crippen LogP contribution is 2.22. The van der Waals surface area contributed by atoms with E-state index in [1.807, 2.05) is 6.07 Å². The normalized spacial score (nSPS) is 21.2. The largest absolute Gasteiger partial charge is 0.456 e. The topological polar surface area (TPSA) is 16.4 Å². The van der Waals surface area contributed by atoms with Gasteiger partial charge < -0.3 is 9.32 Å². The second kappa shape index (κ2) is 4.60. The minimum atomic E-state index is -0.233. The van der Waals surface area contributed by atoms with Gasteiger partial charge in [-0.05, 0) is 63.8 Å². The lowest BCUT2D eigenvalue weighted by molar-refractivity contribution is 0.251. The molecule has 0 spiro atoms. The Bertz CT molecular complexity index is 742. The third-order valence-corrected chi connectivity index (χ3v) is 4.11. The van der Waals surface area contributed by atoms with Crippen molar-refractivity contribution in [2.45, 2.75) is 18.9 Å². The van der Waals surface area contributed by atoms with Crippen LogP contribution >= 0.6 is 0 Å². The molecule has 1 heterocycles. The molecule has 1 aliphatic carbocycles. The maximum absolute atomic E-state index is 13.0. The van der Waals surface area contributed by atoms with E-state index >= 15 is 0 Å². The van der Waals surface area contributed by atoms with Crippen LogP contribution in [0.5, 0.6) is 0 Å². The molecule has 0 amide bonds. The molecule has 2 nitrogen and oxygen atoms in total. The van der Waals surface area contributed by atoms with Crippen LogP contribution in [0.15, 0.2) is 34.7 Å². The molecule has 1 atom stereocenters. The Hall–Kier alpha value is -1.87. The zero-order valence-corrected chi connectivity index (χ0v) is 12.0. The van der Waals surface area contributed by atoms with E-state index in [-0.39, 0.29) is 11.4 Å². The Balaban J connectivity index is 2.08. The van der Waals surface area contributed by atoms with Gasteiger partial charge in [0.2, 0.25) is 0 Å². The van der Waals surface area contributed by atoms with E-state index < -0.39 is 0 Å². The van der Waals surface area contributed by atoms with Crippen LogP contribution in [-0.4, -0.2) is 24.5 Å². The van der Waals surface area contributed by atoms with Gasteiger partial charge in [-0.2, -0.15) is 0 Å². The van der Waals surface area contributed by atoms with Crippen molar-refractivity contribution in [1.29, 1.82) is 0 Å². The first-order chi connectivity index (χ1) is 9.48. The summed E-state index contributed by atoms with van der Waals surface area (Å²) in [5.41, 5.74) is 1.81. The van der Waals surface area contributed by atoms with Crippen molar-refractivity contribution >= 4 is 12.2 Å². The molecule has 1 aromatic carbocycles. The van der Waals surface area contributed by atoms with Crippen molar-refractivity contribution in [3.8, 4) is 11.3 Å². The van der Waals surface area contributed by atoms with Gasteiger partial charge in [-0.25, -0.2) is 4.39 Å². The molecule has 0 N–H and O–H groups in total. The molecule has 2 aromatic rings. The molecule has 1 aromatic heterocycles. The lowest BCUT2D eigenvalue weighted by atomic mass is 9.92. The van der Waals surface area contributed by atoms with Crippen LogP contribution in [0.1, 0.15) is 13.3 Å². The number of furan rings is 1. The molecule has 1 unspecified atom stereocenters. The van der Waals surface area contributed by atoms with Crippen LogP contribution in [0, 0.1) is 5.82 Å². The molecule has 3 heteroatoms. The summed E-state index contributed by atoms with van der Waals surface area (Å²) in [4.78, 5) is 2.21. The van der Waals surface area contributed by atoms with Gasteiger partial charge in [0, 0.05) is 16.3 Å². The molecule has 1 aliphatic rings. The number of benzene rings is 1. The van der Waals surface area contributed by atoms with Gasteiger partial charge in [-0.15, -0.1) is 0 Å². The van der Waals surface area contributed by atoms with Crippen molar-refractivity contribution < 1.29 is 8.81 Å². The highest BCUT2D eigenvalue weighted by atomic mass is 19.1. The number of hydrogen-bond acceptors (Lipinski definition) is 2. The van der Waals surface area contributed by atoms with Gasteiger partial charge in [0.15, 0.2) is 0 Å². The smallest absolute Gasteiger partial charge is 0.135 e. The van der Waals surface area contributed by atoms with Crippen LogP contribution in [0.3, 0.4) is 0 Å². The van der Waals surface area contributed by atoms with E-state index in [2.05, 4.69) is 38.1 Å². The van der Waals surface area contributed by atoms with E-state index in [0.29, 0.717) is 0 Å². The fourth-order valence-corrected chi connectivity index (χ4v) is 2.45. The second-order valence-corrected chi connectivity index (χ2v) is 5.74. The Kier molecular flexibility index (Phi) is 3.02. The highest BCUT2D eigenvalue weighted by molar-refractivity contribution is 5.59. The number of rotatable bonds is 2. The van der Waals surface area contributed by atoms with E-state index in [4.69, 9.17) is 4.42 Å². The lowest BCUT2D eigenvalue weighted by Gasteiger charge is -2.33. The number of nitrogens with zero attached hydrogens (tertiary/aromatic N) is 1. The SMILES string of the molecule is CN(C)C1(C)C=c2cc(-c3ccc(F)cc3)oc2=CC1. The van der Waals surface area contributed by atoms with Gasteiger partial charge in [0.05, 0.1) is 0 Å². The summed E-state index contributed by atoms with van der Waals surface area (Å²) in [6.45, 7) is 2.21. The standard InChI is InChI=1S/C17H18FNO/c1-17(19(2)3)9-8-15-13(11-17)10-16(20-15)12-4-6-14(18)7-5-12/h4-8,10-11H,9H2,1-3H3. The fraction of sp³-hybridized carbons (Fsp3) is 0.294. The molecule has 0 saturated carbocycles. The van der Waals surface area contributed by atoms with Crippen molar-refractivity contribution in [3.63, 3.8) is 0 Å². The van der Waals surface area contributed by atoms with Crippen molar-refractivity contribution in [2.24, 2.45) is 0 Å². The zero-order valence-electron chi connectivity index (χ0n) is 12.0. The first-order valence-electron chi connectivity index (χ1n) is 6.74. The first kappa shape index (κ1) is 13.1. The molecule has 0 radical (unpaired) electrons. The molecular weight excluding hydrogens is 253 g/mol. The minimum absolute atomic E-state index is 0.0109. The minimum Gasteiger partial charge on any atom is -0.456 e. The summed E-state index contributed by atoms with van der Waals surface area (Å²) in [7, 11) is 4.16. The molecule has 0 fully saturated rings. The van der Waals surface area contributed by atoms with Gasteiger partial charge in [-0.3, -0.25) is 0 Å². The highest BCUT2D eigenvalue weighted by Gasteiger charge is 2.25. The second-order valence-electron chi connectivity index (χ2n) is 5.74. The Morgan fingerprint density at radius 3 is 2.55 bits per heavy atom. The van der Waals surface area contributed by atoms with E-state index in [1.165, 1.54) is 12.1 Å². The van der Waals surface area contributed by atoms with Crippen LogP contribution in [0.25, 0.3) is 23.5 Å². The Morgan fingerprint density at radius 2 is 1.90 bits per heavy atom. The van der Waals surface area contributed by atoms with Crippen molar-refractivity contribution in [1.82, 2.24) is 4.90 Å². The molecule has 3 rings (SSSR count). The average Bonchev–Trinajstić information content (AvgIpc) is 2.82. The summed E-state index contributed by atoms with van der Waals surface area (Å²) in [6.07, 6.45) is 5.28. The maximum Gasteiger partial charge on any atom is 0.135 e. The zero-order chi connectivity index (χ0) is 14.3. The number of halogens is 1. The van der Waals surface area contributed by atoms with E-state index in [9.17, 15) is 4.39 Å². The van der Waals surface area contributed by atoms with Crippen LogP contribution in [0.4, 0.5) is 4.39 Å². The maximum atomic E-state index is 13.0. The van der Waals surface area contributed by atoms with Gasteiger partial charge in [0.1, 0.15) is 17.0 Å². The molecule has 104 valence electrons. The summed E-state index contributed by atoms with van der Waals surface area (Å²) in [5, 5.41) is 1.10. The van der Waals surface area contributed by atoms with Crippen LogP contribution in [0.2, 0.25) is 0 Å². The summed E-state index contributed by atoms with van der Waals surface area (Å²) < 4.78 is 18.8. The molecule has 0 saturated heterocycles. The third-order valence-electron chi connectivity index (χ3n) is 4.11. The predicted octanol–water partition coefficient (Wildman–Crippen LogP) is 2.37.